The molecule has 1 fully saturated rings. The number of nitrogens with zero attached hydrogens (tertiary/aromatic N) is 2. The summed E-state index contributed by atoms with van der Waals surface area (Å²) in [6, 6.07) is 3.90. The summed E-state index contributed by atoms with van der Waals surface area (Å²) in [6.45, 7) is 5.84. The lowest BCUT2D eigenvalue weighted by Crippen LogP contribution is -2.46. The van der Waals surface area contributed by atoms with Crippen LogP contribution in [-0.2, 0) is 6.54 Å². The van der Waals surface area contributed by atoms with Gasteiger partial charge >= 0.3 is 0 Å². The molecule has 2 N–H and O–H groups in total. The zero-order valence-corrected chi connectivity index (χ0v) is 13.8. The molecule has 0 radical (unpaired) electrons. The summed E-state index contributed by atoms with van der Waals surface area (Å²) in [4.78, 5) is 4.66. The van der Waals surface area contributed by atoms with Gasteiger partial charge in [-0.15, -0.1) is 0 Å². The van der Waals surface area contributed by atoms with Gasteiger partial charge in [-0.2, -0.15) is 0 Å². The predicted molar refractivity (Wildman–Crippen MR) is 86.2 cm³/mol. The van der Waals surface area contributed by atoms with Crippen LogP contribution in [0.5, 0.6) is 11.5 Å². The molecular formula is C14H21IN2O3. The van der Waals surface area contributed by atoms with Gasteiger partial charge in [-0.05, 0) is 40.3 Å². The van der Waals surface area contributed by atoms with Crippen molar-refractivity contribution >= 4 is 22.6 Å². The molecule has 0 saturated carbocycles. The molecule has 0 unspecified atom stereocenters. The minimum absolute atomic E-state index is 0.213. The molecule has 1 saturated heterocycles. The molecule has 5 nitrogen and oxygen atoms in total. The number of aliphatic hydroxyl groups is 1. The highest BCUT2D eigenvalue weighted by Gasteiger charge is 2.17. The zero-order chi connectivity index (χ0) is 14.5. The zero-order valence-electron chi connectivity index (χ0n) is 11.7. The highest BCUT2D eigenvalue weighted by molar-refractivity contribution is 14.1. The van der Waals surface area contributed by atoms with Crippen molar-refractivity contribution in [2.75, 3.05) is 46.4 Å². The molecule has 1 aromatic rings. The molecule has 1 heterocycles. The molecule has 112 valence electrons. The van der Waals surface area contributed by atoms with Crippen LogP contribution in [0.25, 0.3) is 0 Å². The Balaban J connectivity index is 1.96. The van der Waals surface area contributed by atoms with Gasteiger partial charge < -0.3 is 14.9 Å². The number of ether oxygens (including phenoxy) is 1. The van der Waals surface area contributed by atoms with Gasteiger partial charge in [0, 0.05) is 39.3 Å². The number of phenolic OH excluding ortho intramolecular Hbond substituents is 1. The SMILES string of the molecule is COc1cc(CN2CCN(CCO)CC2)cc(I)c1O. The van der Waals surface area contributed by atoms with Gasteiger partial charge in [0.1, 0.15) is 0 Å². The van der Waals surface area contributed by atoms with E-state index in [0.29, 0.717) is 5.75 Å². The van der Waals surface area contributed by atoms with E-state index in [1.165, 1.54) is 0 Å². The van der Waals surface area contributed by atoms with Gasteiger partial charge in [0.2, 0.25) is 0 Å². The average Bonchev–Trinajstić information content (AvgIpc) is 2.45. The third kappa shape index (κ3) is 3.97. The number of rotatable bonds is 5. The van der Waals surface area contributed by atoms with Crippen molar-refractivity contribution < 1.29 is 14.9 Å². The number of β-amino-alcohol motifs (C(OH)–C–C–N with tert-alkyl or cyclic N) is 1. The maximum absolute atomic E-state index is 9.85. The maximum Gasteiger partial charge on any atom is 0.171 e. The number of phenols is 1. The van der Waals surface area contributed by atoms with Crippen molar-refractivity contribution in [1.82, 2.24) is 9.80 Å². The van der Waals surface area contributed by atoms with Crippen molar-refractivity contribution in [2.45, 2.75) is 6.54 Å². The van der Waals surface area contributed by atoms with Crippen LogP contribution in [-0.4, -0.2) is 66.5 Å². The first kappa shape index (κ1) is 15.8. The van der Waals surface area contributed by atoms with Crippen LogP contribution in [0.4, 0.5) is 0 Å². The third-order valence-corrected chi connectivity index (χ3v) is 4.42. The minimum atomic E-state index is 0.213. The largest absolute Gasteiger partial charge is 0.504 e. The van der Waals surface area contributed by atoms with Gasteiger partial charge in [0.15, 0.2) is 11.5 Å². The second-order valence-corrected chi connectivity index (χ2v) is 6.13. The quantitative estimate of drug-likeness (QED) is 0.736. The fraction of sp³-hybridized carbons (Fsp3) is 0.571. The van der Waals surface area contributed by atoms with E-state index in [1.807, 2.05) is 12.1 Å². The average molecular weight is 392 g/mol. The molecular weight excluding hydrogens is 371 g/mol. The molecule has 1 aliphatic rings. The molecule has 1 aromatic carbocycles. The molecule has 0 amide bonds. The number of aliphatic hydroxyl groups excluding tert-OH is 1. The first-order valence-corrected chi connectivity index (χ1v) is 7.83. The highest BCUT2D eigenvalue weighted by atomic mass is 127. The van der Waals surface area contributed by atoms with Crippen LogP contribution in [0.15, 0.2) is 12.1 Å². The molecule has 0 bridgehead atoms. The molecule has 0 aliphatic carbocycles. The van der Waals surface area contributed by atoms with Crippen LogP contribution in [0, 0.1) is 3.57 Å². The van der Waals surface area contributed by atoms with Crippen molar-refractivity contribution in [3.8, 4) is 11.5 Å². The van der Waals surface area contributed by atoms with Gasteiger partial charge in [-0.1, -0.05) is 0 Å². The van der Waals surface area contributed by atoms with E-state index in [2.05, 4.69) is 32.4 Å². The van der Waals surface area contributed by atoms with E-state index in [4.69, 9.17) is 9.84 Å². The fourth-order valence-corrected chi connectivity index (χ4v) is 3.11. The first-order valence-electron chi connectivity index (χ1n) is 6.75. The normalized spacial score (nSPS) is 17.4. The summed E-state index contributed by atoms with van der Waals surface area (Å²) in [5.41, 5.74) is 1.15. The number of aromatic hydroxyl groups is 1. The van der Waals surface area contributed by atoms with E-state index in [0.717, 1.165) is 48.4 Å². The lowest BCUT2D eigenvalue weighted by Gasteiger charge is -2.34. The summed E-state index contributed by atoms with van der Waals surface area (Å²) in [6.07, 6.45) is 0. The molecule has 0 spiro atoms. The van der Waals surface area contributed by atoms with Crippen LogP contribution in [0.3, 0.4) is 0 Å². The van der Waals surface area contributed by atoms with Gasteiger partial charge in [0.25, 0.3) is 0 Å². The van der Waals surface area contributed by atoms with E-state index in [-0.39, 0.29) is 12.4 Å². The van der Waals surface area contributed by atoms with Crippen LogP contribution < -0.4 is 4.74 Å². The second kappa shape index (κ2) is 7.44. The number of hydrogen-bond donors (Lipinski definition) is 2. The van der Waals surface area contributed by atoms with E-state index >= 15 is 0 Å². The predicted octanol–water partition coefficient (Wildman–Crippen LogP) is 1.12. The lowest BCUT2D eigenvalue weighted by atomic mass is 10.1. The second-order valence-electron chi connectivity index (χ2n) is 4.97. The van der Waals surface area contributed by atoms with Crippen molar-refractivity contribution in [1.29, 1.82) is 0 Å². The Morgan fingerprint density at radius 3 is 2.45 bits per heavy atom. The number of methoxy groups -OCH3 is 1. The van der Waals surface area contributed by atoms with E-state index in [1.54, 1.807) is 7.11 Å². The lowest BCUT2D eigenvalue weighted by molar-refractivity contribution is 0.108. The highest BCUT2D eigenvalue weighted by Crippen LogP contribution is 2.32. The minimum Gasteiger partial charge on any atom is -0.504 e. The van der Waals surface area contributed by atoms with Crippen LogP contribution >= 0.6 is 22.6 Å². The van der Waals surface area contributed by atoms with Gasteiger partial charge in [-0.3, -0.25) is 9.80 Å². The Labute approximate surface area is 133 Å². The first-order chi connectivity index (χ1) is 9.63. The number of piperazine rings is 1. The van der Waals surface area contributed by atoms with Gasteiger partial charge in [0.05, 0.1) is 17.3 Å². The summed E-state index contributed by atoms with van der Waals surface area (Å²) in [7, 11) is 1.57. The summed E-state index contributed by atoms with van der Waals surface area (Å²) >= 11 is 2.12. The molecule has 1 aliphatic heterocycles. The Bertz CT molecular complexity index is 448. The molecule has 0 atom stereocenters. The van der Waals surface area contributed by atoms with Crippen LogP contribution in [0.1, 0.15) is 5.56 Å². The summed E-state index contributed by atoms with van der Waals surface area (Å²) in [5.74, 6) is 0.746. The third-order valence-electron chi connectivity index (χ3n) is 3.60. The number of hydrogen-bond acceptors (Lipinski definition) is 5. The fourth-order valence-electron chi connectivity index (χ4n) is 2.44. The van der Waals surface area contributed by atoms with Gasteiger partial charge in [-0.25, -0.2) is 0 Å². The topological polar surface area (TPSA) is 56.2 Å². The molecule has 20 heavy (non-hydrogen) atoms. The Kier molecular flexibility index (Phi) is 5.88. The molecule has 0 aromatic heterocycles. The number of halogens is 1. The van der Waals surface area contributed by atoms with Crippen molar-refractivity contribution in [3.05, 3.63) is 21.3 Å². The van der Waals surface area contributed by atoms with E-state index in [9.17, 15) is 5.11 Å². The molecule has 6 heteroatoms. The Morgan fingerprint density at radius 1 is 1.20 bits per heavy atom. The number of benzene rings is 1. The maximum atomic E-state index is 9.85. The van der Waals surface area contributed by atoms with Crippen molar-refractivity contribution in [2.24, 2.45) is 0 Å². The molecule has 2 rings (SSSR count). The van der Waals surface area contributed by atoms with Crippen LogP contribution in [0.2, 0.25) is 0 Å². The summed E-state index contributed by atoms with van der Waals surface area (Å²) < 4.78 is 6.01. The smallest absolute Gasteiger partial charge is 0.171 e. The van der Waals surface area contributed by atoms with E-state index < -0.39 is 0 Å². The Morgan fingerprint density at radius 2 is 1.85 bits per heavy atom. The van der Waals surface area contributed by atoms with Crippen molar-refractivity contribution in [3.63, 3.8) is 0 Å². The standard InChI is InChI=1S/C14H21IN2O3/c1-20-13-9-11(8-12(15)14(13)19)10-17-4-2-16(3-5-17)6-7-18/h8-9,18-19H,2-7,10H2,1H3. The summed E-state index contributed by atoms with van der Waals surface area (Å²) in [5, 5.41) is 18.8. The monoisotopic (exact) mass is 392 g/mol. The Hall–Kier alpha value is -0.570.